The van der Waals surface area contributed by atoms with Crippen molar-refractivity contribution < 1.29 is 5.02 Å². The molecule has 111 valence electrons. The minimum atomic E-state index is 0.00975. The van der Waals surface area contributed by atoms with Gasteiger partial charge in [0.2, 0.25) is 0 Å². The molecule has 1 N–H and O–H groups in total. The van der Waals surface area contributed by atoms with Crippen LogP contribution < -0.4 is 5.46 Å². The summed E-state index contributed by atoms with van der Waals surface area (Å²) >= 11 is 0. The van der Waals surface area contributed by atoms with Gasteiger partial charge in [-0.3, -0.25) is 0 Å². The normalized spacial score (nSPS) is 13.5. The average molecular weight is 273 g/mol. The molecule has 0 heterocycles. The highest BCUT2D eigenvalue weighted by Crippen LogP contribution is 2.32. The molecule has 0 aliphatic rings. The van der Waals surface area contributed by atoms with E-state index in [1.165, 1.54) is 24.2 Å². The van der Waals surface area contributed by atoms with Crippen LogP contribution in [0.3, 0.4) is 0 Å². The van der Waals surface area contributed by atoms with Crippen LogP contribution in [0.1, 0.15) is 79.0 Å². The lowest BCUT2D eigenvalue weighted by Crippen LogP contribution is -2.36. The second-order valence-electron chi connectivity index (χ2n) is 8.86. The second kappa shape index (κ2) is 5.22. The summed E-state index contributed by atoms with van der Waals surface area (Å²) in [6, 6.07) is 4.52. The molecule has 1 nitrogen and oxygen atoms in total. The van der Waals surface area contributed by atoms with Crippen molar-refractivity contribution in [1.29, 1.82) is 0 Å². The van der Waals surface area contributed by atoms with Crippen LogP contribution in [0.5, 0.6) is 0 Å². The predicted octanol–water partition coefficient (Wildman–Crippen LogP) is 3.82. The van der Waals surface area contributed by atoms with Gasteiger partial charge in [-0.15, -0.1) is 0 Å². The summed E-state index contributed by atoms with van der Waals surface area (Å²) in [4.78, 5) is 0. The van der Waals surface area contributed by atoms with Gasteiger partial charge in [0.05, 0.1) is 0 Å². The minimum Gasteiger partial charge on any atom is -0.450 e. The van der Waals surface area contributed by atoms with E-state index in [1.807, 2.05) is 0 Å². The van der Waals surface area contributed by atoms with Crippen molar-refractivity contribution in [3.8, 4) is 0 Å². The van der Waals surface area contributed by atoms with E-state index in [9.17, 15) is 5.02 Å². The maximum absolute atomic E-state index is 9.79. The van der Waals surface area contributed by atoms with Gasteiger partial charge in [-0.2, -0.15) is 0 Å². The van der Waals surface area contributed by atoms with E-state index in [1.54, 1.807) is 0 Å². The van der Waals surface area contributed by atoms with Gasteiger partial charge in [0, 0.05) is 0 Å². The van der Waals surface area contributed by atoms with E-state index >= 15 is 0 Å². The Balaban J connectivity index is 3.75. The van der Waals surface area contributed by atoms with Gasteiger partial charge in [0.25, 0.3) is 0 Å². The quantitative estimate of drug-likeness (QED) is 0.771. The molecule has 0 bridgehead atoms. The van der Waals surface area contributed by atoms with E-state index in [0.29, 0.717) is 0 Å². The molecule has 0 atom stereocenters. The zero-order valence-electron chi connectivity index (χ0n) is 14.7. The number of benzene rings is 1. The van der Waals surface area contributed by atoms with Crippen LogP contribution in [0.25, 0.3) is 0 Å². The SMILES string of the molecule is CC(C)(C)c1cc(C(C)(C)C)c([B]O)c(C(C)(C)C)c1. The van der Waals surface area contributed by atoms with E-state index in [0.717, 1.165) is 5.46 Å². The highest BCUT2D eigenvalue weighted by molar-refractivity contribution is 6.47. The summed E-state index contributed by atoms with van der Waals surface area (Å²) in [5.41, 5.74) is 4.88. The highest BCUT2D eigenvalue weighted by Gasteiger charge is 2.28. The first-order valence-electron chi connectivity index (χ1n) is 7.45. The Kier molecular flexibility index (Phi) is 4.51. The molecule has 0 aromatic heterocycles. The maximum Gasteiger partial charge on any atom is 0.327 e. The molecular formula is C18H30BO. The van der Waals surface area contributed by atoms with Crippen LogP contribution in [-0.2, 0) is 16.2 Å². The highest BCUT2D eigenvalue weighted by atomic mass is 16.2. The summed E-state index contributed by atoms with van der Waals surface area (Å²) in [7, 11) is 1.29. The van der Waals surface area contributed by atoms with Gasteiger partial charge < -0.3 is 5.02 Å². The molecule has 0 spiro atoms. The van der Waals surface area contributed by atoms with Gasteiger partial charge in [-0.05, 0) is 38.4 Å². The Morgan fingerprint density at radius 3 is 1.25 bits per heavy atom. The van der Waals surface area contributed by atoms with Crippen LogP contribution >= 0.6 is 0 Å². The van der Waals surface area contributed by atoms with E-state index in [4.69, 9.17) is 0 Å². The molecule has 2 heteroatoms. The van der Waals surface area contributed by atoms with Crippen LogP contribution in [0.4, 0.5) is 0 Å². The Morgan fingerprint density at radius 2 is 1.05 bits per heavy atom. The Hall–Kier alpha value is -0.755. The van der Waals surface area contributed by atoms with Gasteiger partial charge in [-0.25, -0.2) is 0 Å². The van der Waals surface area contributed by atoms with Crippen molar-refractivity contribution in [3.05, 3.63) is 28.8 Å². The lowest BCUT2D eigenvalue weighted by Gasteiger charge is -2.33. The van der Waals surface area contributed by atoms with E-state index < -0.39 is 0 Å². The third-order valence-electron chi connectivity index (χ3n) is 3.79. The molecule has 0 amide bonds. The number of hydrogen-bond donors (Lipinski definition) is 1. The van der Waals surface area contributed by atoms with Crippen LogP contribution in [-0.4, -0.2) is 12.5 Å². The monoisotopic (exact) mass is 273 g/mol. The predicted molar refractivity (Wildman–Crippen MR) is 90.1 cm³/mol. The van der Waals surface area contributed by atoms with E-state index in [2.05, 4.69) is 74.4 Å². The van der Waals surface area contributed by atoms with Crippen LogP contribution in [0, 0.1) is 0 Å². The Morgan fingerprint density at radius 1 is 0.700 bits per heavy atom. The molecule has 0 saturated heterocycles. The topological polar surface area (TPSA) is 20.2 Å². The summed E-state index contributed by atoms with van der Waals surface area (Å²) in [5, 5.41) is 9.79. The molecule has 0 saturated carbocycles. The molecule has 1 radical (unpaired) electrons. The molecule has 20 heavy (non-hydrogen) atoms. The third-order valence-corrected chi connectivity index (χ3v) is 3.79. The number of hydrogen-bond acceptors (Lipinski definition) is 1. The molecule has 0 unspecified atom stereocenters. The van der Waals surface area contributed by atoms with Crippen molar-refractivity contribution in [3.63, 3.8) is 0 Å². The first-order chi connectivity index (χ1) is 8.78. The lowest BCUT2D eigenvalue weighted by molar-refractivity contribution is 0.548. The molecule has 0 fully saturated rings. The van der Waals surface area contributed by atoms with Gasteiger partial charge in [-0.1, -0.05) is 74.4 Å². The average Bonchev–Trinajstić information content (AvgIpc) is 2.23. The molecule has 0 aliphatic carbocycles. The summed E-state index contributed by atoms with van der Waals surface area (Å²) in [6.45, 7) is 19.9. The number of rotatable bonds is 1. The van der Waals surface area contributed by atoms with Crippen molar-refractivity contribution in [2.45, 2.75) is 78.6 Å². The lowest BCUT2D eigenvalue weighted by atomic mass is 9.65. The minimum absolute atomic E-state index is 0.00975. The standard InChI is InChI=1S/C18H30BO/c1-16(2,3)12-10-13(17(4,5)6)15(19-20)14(11-12)18(7,8)9/h10-11,20H,1-9H3. The van der Waals surface area contributed by atoms with Gasteiger partial charge >= 0.3 is 7.48 Å². The fraction of sp³-hybridized carbons (Fsp3) is 0.667. The van der Waals surface area contributed by atoms with Crippen LogP contribution in [0.15, 0.2) is 12.1 Å². The molecule has 1 rings (SSSR count). The first-order valence-corrected chi connectivity index (χ1v) is 7.45. The van der Waals surface area contributed by atoms with Gasteiger partial charge in [0.1, 0.15) is 0 Å². The van der Waals surface area contributed by atoms with Crippen molar-refractivity contribution >= 4 is 12.9 Å². The summed E-state index contributed by atoms with van der Waals surface area (Å²) < 4.78 is 0. The zero-order chi connectivity index (χ0) is 15.9. The Labute approximate surface area is 126 Å². The van der Waals surface area contributed by atoms with Crippen LogP contribution in [0.2, 0.25) is 0 Å². The van der Waals surface area contributed by atoms with E-state index in [-0.39, 0.29) is 16.2 Å². The largest absolute Gasteiger partial charge is 0.450 e. The molecule has 1 aromatic rings. The Bertz CT molecular complexity index is 447. The van der Waals surface area contributed by atoms with Crippen molar-refractivity contribution in [1.82, 2.24) is 0 Å². The first kappa shape index (κ1) is 17.3. The summed E-state index contributed by atoms with van der Waals surface area (Å²) in [5.74, 6) is 0. The van der Waals surface area contributed by atoms with Gasteiger partial charge in [0.15, 0.2) is 0 Å². The molecular weight excluding hydrogens is 243 g/mol. The maximum atomic E-state index is 9.79. The molecule has 1 aromatic carbocycles. The van der Waals surface area contributed by atoms with Crippen molar-refractivity contribution in [2.75, 3.05) is 0 Å². The summed E-state index contributed by atoms with van der Waals surface area (Å²) in [6.07, 6.45) is 0. The fourth-order valence-corrected chi connectivity index (χ4v) is 2.47. The zero-order valence-corrected chi connectivity index (χ0v) is 14.7. The smallest absolute Gasteiger partial charge is 0.327 e. The third kappa shape index (κ3) is 3.66. The second-order valence-corrected chi connectivity index (χ2v) is 8.86. The fourth-order valence-electron chi connectivity index (χ4n) is 2.47. The molecule has 0 aliphatic heterocycles. The van der Waals surface area contributed by atoms with Crippen molar-refractivity contribution in [2.24, 2.45) is 0 Å².